The van der Waals surface area contributed by atoms with Gasteiger partial charge in [-0.1, -0.05) is 28.1 Å². The highest BCUT2D eigenvalue weighted by Crippen LogP contribution is 2.35. The monoisotopic (exact) mass is 354 g/mol. The van der Waals surface area contributed by atoms with Crippen molar-refractivity contribution in [2.45, 2.75) is 18.9 Å². The molecule has 0 radical (unpaired) electrons. The number of benzene rings is 2. The van der Waals surface area contributed by atoms with Gasteiger partial charge >= 0.3 is 0 Å². The van der Waals surface area contributed by atoms with Crippen molar-refractivity contribution < 1.29 is 18.6 Å². The number of rotatable bonds is 3. The molecule has 0 spiro atoms. The summed E-state index contributed by atoms with van der Waals surface area (Å²) in [6, 6.07) is 7.62. The van der Waals surface area contributed by atoms with E-state index in [2.05, 4.69) is 15.9 Å². The van der Waals surface area contributed by atoms with Crippen LogP contribution >= 0.6 is 15.9 Å². The molecule has 2 nitrogen and oxygen atoms in total. The molecular formula is C16H13BrF2O2. The summed E-state index contributed by atoms with van der Waals surface area (Å²) < 4.78 is 33.4. The maximum absolute atomic E-state index is 13.7. The summed E-state index contributed by atoms with van der Waals surface area (Å²) in [6.07, 6.45) is -0.141. The van der Waals surface area contributed by atoms with E-state index in [1.54, 1.807) is 0 Å². The second-order valence-corrected chi connectivity index (χ2v) is 5.93. The lowest BCUT2D eigenvalue weighted by atomic mass is 9.98. The molecule has 5 heteroatoms. The second-order valence-electron chi connectivity index (χ2n) is 5.01. The Labute approximate surface area is 129 Å². The van der Waals surface area contributed by atoms with Gasteiger partial charge in [0.1, 0.15) is 5.75 Å². The summed E-state index contributed by atoms with van der Waals surface area (Å²) in [5.74, 6) is -1.21. The van der Waals surface area contributed by atoms with Gasteiger partial charge < -0.3 is 9.84 Å². The first-order valence-electron chi connectivity index (χ1n) is 6.62. The van der Waals surface area contributed by atoms with Gasteiger partial charge in [-0.05, 0) is 29.3 Å². The van der Waals surface area contributed by atoms with Crippen LogP contribution in [0.1, 0.15) is 22.8 Å². The van der Waals surface area contributed by atoms with Crippen LogP contribution in [-0.2, 0) is 12.8 Å². The molecule has 1 unspecified atom stereocenters. The zero-order valence-electron chi connectivity index (χ0n) is 11.1. The lowest BCUT2D eigenvalue weighted by Crippen LogP contribution is -2.07. The van der Waals surface area contributed by atoms with E-state index in [-0.39, 0.29) is 12.0 Å². The molecule has 110 valence electrons. The van der Waals surface area contributed by atoms with Crippen molar-refractivity contribution in [3.8, 4) is 5.75 Å². The quantitative estimate of drug-likeness (QED) is 0.904. The molecule has 2 aromatic rings. The molecule has 0 amide bonds. The fraction of sp³-hybridized carbons (Fsp3) is 0.250. The highest BCUT2D eigenvalue weighted by Gasteiger charge is 2.22. The van der Waals surface area contributed by atoms with Crippen LogP contribution < -0.4 is 4.74 Å². The van der Waals surface area contributed by atoms with E-state index in [1.165, 1.54) is 12.1 Å². The van der Waals surface area contributed by atoms with E-state index in [4.69, 9.17) is 4.74 Å². The highest BCUT2D eigenvalue weighted by molar-refractivity contribution is 9.10. The molecular weight excluding hydrogens is 342 g/mol. The molecule has 0 aromatic heterocycles. The Morgan fingerprint density at radius 1 is 1.29 bits per heavy atom. The number of aliphatic hydroxyl groups excluding tert-OH is 1. The molecule has 21 heavy (non-hydrogen) atoms. The average molecular weight is 355 g/mol. The number of fused-ring (bicyclic) bond motifs is 1. The fourth-order valence-corrected chi connectivity index (χ4v) is 3.15. The molecule has 0 saturated heterocycles. The predicted octanol–water partition coefficient (Wildman–Crippen LogP) is 3.94. The van der Waals surface area contributed by atoms with Crippen LogP contribution in [-0.4, -0.2) is 11.7 Å². The molecule has 0 bridgehead atoms. The Morgan fingerprint density at radius 3 is 2.90 bits per heavy atom. The van der Waals surface area contributed by atoms with Gasteiger partial charge in [-0.3, -0.25) is 0 Å². The summed E-state index contributed by atoms with van der Waals surface area (Å²) in [4.78, 5) is 0. The lowest BCUT2D eigenvalue weighted by molar-refractivity contribution is 0.171. The third-order valence-corrected chi connectivity index (χ3v) is 4.04. The summed E-state index contributed by atoms with van der Waals surface area (Å²) in [5, 5.41) is 10.2. The molecule has 1 aliphatic heterocycles. The minimum atomic E-state index is -1.12. The summed E-state index contributed by atoms with van der Waals surface area (Å²) in [6.45, 7) is 0.600. The molecule has 1 N–H and O–H groups in total. The first-order chi connectivity index (χ1) is 10.1. The van der Waals surface area contributed by atoms with E-state index in [0.29, 0.717) is 6.61 Å². The van der Waals surface area contributed by atoms with Crippen molar-refractivity contribution in [1.82, 2.24) is 0 Å². The van der Waals surface area contributed by atoms with Gasteiger partial charge in [0.25, 0.3) is 0 Å². The van der Waals surface area contributed by atoms with Crippen LogP contribution in [0.4, 0.5) is 8.78 Å². The maximum Gasteiger partial charge on any atom is 0.164 e. The van der Waals surface area contributed by atoms with Gasteiger partial charge in [-0.2, -0.15) is 0 Å². The van der Waals surface area contributed by atoms with Crippen molar-refractivity contribution in [1.29, 1.82) is 0 Å². The van der Waals surface area contributed by atoms with Gasteiger partial charge in [0, 0.05) is 22.9 Å². The van der Waals surface area contributed by atoms with Gasteiger partial charge in [0.15, 0.2) is 11.6 Å². The van der Waals surface area contributed by atoms with Crippen molar-refractivity contribution in [3.05, 3.63) is 63.1 Å². The van der Waals surface area contributed by atoms with Crippen LogP contribution in [0.15, 0.2) is 34.8 Å². The van der Waals surface area contributed by atoms with Crippen LogP contribution in [0.2, 0.25) is 0 Å². The lowest BCUT2D eigenvalue weighted by Gasteiger charge is -2.15. The smallest absolute Gasteiger partial charge is 0.164 e. The zero-order valence-corrected chi connectivity index (χ0v) is 12.7. The van der Waals surface area contributed by atoms with Crippen LogP contribution in [0.5, 0.6) is 5.75 Å². The summed E-state index contributed by atoms with van der Waals surface area (Å²) in [7, 11) is 0. The van der Waals surface area contributed by atoms with Crippen LogP contribution in [0.25, 0.3) is 0 Å². The summed E-state index contributed by atoms with van der Waals surface area (Å²) in [5.41, 5.74) is 1.81. The number of halogens is 3. The largest absolute Gasteiger partial charge is 0.493 e. The molecule has 0 fully saturated rings. The maximum atomic E-state index is 13.7. The third-order valence-electron chi connectivity index (χ3n) is 3.58. The Hall–Kier alpha value is -1.46. The topological polar surface area (TPSA) is 29.5 Å². The van der Waals surface area contributed by atoms with Gasteiger partial charge in [0.2, 0.25) is 0 Å². The molecule has 0 saturated carbocycles. The van der Waals surface area contributed by atoms with Gasteiger partial charge in [-0.15, -0.1) is 0 Å². The minimum Gasteiger partial charge on any atom is -0.493 e. The number of aliphatic hydroxyl groups is 1. The highest BCUT2D eigenvalue weighted by atomic mass is 79.9. The standard InChI is InChI=1S/C16H13BrF2O2/c17-11-6-9-4-5-21-16(9)10(7-11)8-14(20)12-2-1-3-13(18)15(12)19/h1-3,6-7,14,20H,4-5,8H2. The molecule has 2 aromatic carbocycles. The number of hydrogen-bond donors (Lipinski definition) is 1. The predicted molar refractivity (Wildman–Crippen MR) is 78.4 cm³/mol. The summed E-state index contributed by atoms with van der Waals surface area (Å²) >= 11 is 3.42. The van der Waals surface area contributed by atoms with E-state index < -0.39 is 17.7 Å². The van der Waals surface area contributed by atoms with E-state index in [9.17, 15) is 13.9 Å². The van der Waals surface area contributed by atoms with Gasteiger partial charge in [-0.25, -0.2) is 8.78 Å². The molecule has 3 rings (SSSR count). The molecule has 1 heterocycles. The van der Waals surface area contributed by atoms with Crippen LogP contribution in [0, 0.1) is 11.6 Å². The first kappa shape index (κ1) is 14.5. The molecule has 1 aliphatic rings. The number of ether oxygens (including phenoxy) is 1. The number of hydrogen-bond acceptors (Lipinski definition) is 2. The van der Waals surface area contributed by atoms with Crippen LogP contribution in [0.3, 0.4) is 0 Å². The SMILES string of the molecule is OC(Cc1cc(Br)cc2c1OCC2)c1cccc(F)c1F. The fourth-order valence-electron chi connectivity index (χ4n) is 2.59. The average Bonchev–Trinajstić information content (AvgIpc) is 2.90. The van der Waals surface area contributed by atoms with Crippen molar-refractivity contribution in [2.24, 2.45) is 0 Å². The Morgan fingerprint density at radius 2 is 2.10 bits per heavy atom. The van der Waals surface area contributed by atoms with Gasteiger partial charge in [0.05, 0.1) is 12.7 Å². The normalized spacial score (nSPS) is 14.7. The van der Waals surface area contributed by atoms with E-state index in [0.717, 1.165) is 33.8 Å². The van der Waals surface area contributed by atoms with Crippen molar-refractivity contribution in [3.63, 3.8) is 0 Å². The Kier molecular flexibility index (Phi) is 3.95. The Bertz CT molecular complexity index is 688. The zero-order chi connectivity index (χ0) is 15.0. The second kappa shape index (κ2) is 5.73. The van der Waals surface area contributed by atoms with E-state index >= 15 is 0 Å². The van der Waals surface area contributed by atoms with E-state index in [1.807, 2.05) is 12.1 Å². The Balaban J connectivity index is 1.92. The molecule has 1 atom stereocenters. The third kappa shape index (κ3) is 2.80. The minimum absolute atomic E-state index is 0.0401. The van der Waals surface area contributed by atoms with Crippen molar-refractivity contribution >= 4 is 15.9 Å². The van der Waals surface area contributed by atoms with Crippen molar-refractivity contribution in [2.75, 3.05) is 6.61 Å². The molecule has 0 aliphatic carbocycles. The first-order valence-corrected chi connectivity index (χ1v) is 7.41.